The molecule has 4 rings (SSSR count). The van der Waals surface area contributed by atoms with E-state index in [0.29, 0.717) is 19.6 Å². The van der Waals surface area contributed by atoms with Gasteiger partial charge in [0.2, 0.25) is 5.91 Å². The lowest BCUT2D eigenvalue weighted by Crippen LogP contribution is -2.39. The van der Waals surface area contributed by atoms with Gasteiger partial charge in [-0.05, 0) is 36.8 Å². The topological polar surface area (TPSA) is 59.4 Å². The van der Waals surface area contributed by atoms with Gasteiger partial charge in [0, 0.05) is 37.6 Å². The summed E-state index contributed by atoms with van der Waals surface area (Å²) in [6.07, 6.45) is 3.69. The van der Waals surface area contributed by atoms with Gasteiger partial charge in [-0.25, -0.2) is 4.68 Å². The number of aromatic nitrogens is 2. The molecule has 0 fully saturated rings. The highest BCUT2D eigenvalue weighted by Gasteiger charge is 2.21. The van der Waals surface area contributed by atoms with Gasteiger partial charge in [0.1, 0.15) is 11.9 Å². The third-order valence-electron chi connectivity index (χ3n) is 4.75. The van der Waals surface area contributed by atoms with E-state index in [0.717, 1.165) is 29.1 Å². The molecule has 1 unspecified atom stereocenters. The van der Waals surface area contributed by atoms with Crippen LogP contribution in [0.1, 0.15) is 18.1 Å². The summed E-state index contributed by atoms with van der Waals surface area (Å²) in [5.41, 5.74) is 3.14. The molecule has 6 nitrogen and oxygen atoms in total. The minimum Gasteiger partial charge on any atom is -0.489 e. The Morgan fingerprint density at radius 2 is 2.11 bits per heavy atom. The molecule has 0 spiro atoms. The van der Waals surface area contributed by atoms with Crippen molar-refractivity contribution in [3.8, 4) is 11.4 Å². The van der Waals surface area contributed by atoms with Gasteiger partial charge >= 0.3 is 0 Å². The highest BCUT2D eigenvalue weighted by molar-refractivity contribution is 5.78. The van der Waals surface area contributed by atoms with Gasteiger partial charge in [-0.15, -0.1) is 0 Å². The predicted octanol–water partition coefficient (Wildman–Crippen LogP) is 2.77. The Balaban J connectivity index is 1.35. The van der Waals surface area contributed by atoms with Gasteiger partial charge in [0.15, 0.2) is 0 Å². The Morgan fingerprint density at radius 3 is 2.96 bits per heavy atom. The third-order valence-corrected chi connectivity index (χ3v) is 4.75. The molecule has 6 heteroatoms. The number of hydrogen-bond acceptors (Lipinski definition) is 4. The van der Waals surface area contributed by atoms with Crippen LogP contribution in [0.4, 0.5) is 0 Å². The largest absolute Gasteiger partial charge is 0.489 e. The average molecular weight is 376 g/mol. The van der Waals surface area contributed by atoms with E-state index in [1.807, 2.05) is 61.7 Å². The van der Waals surface area contributed by atoms with Crippen LogP contribution in [0.15, 0.2) is 67.0 Å². The SMILES string of the molecule is CC1CN(CC(=O)NCc2cccc(-n3cccn3)c2)Cc2ccccc2O1. The van der Waals surface area contributed by atoms with E-state index >= 15 is 0 Å². The van der Waals surface area contributed by atoms with E-state index in [9.17, 15) is 4.79 Å². The lowest BCUT2D eigenvalue weighted by atomic mass is 10.2. The first-order valence-electron chi connectivity index (χ1n) is 9.50. The molecule has 144 valence electrons. The number of para-hydroxylation sites is 1. The summed E-state index contributed by atoms with van der Waals surface area (Å²) in [5.74, 6) is 0.921. The lowest BCUT2D eigenvalue weighted by molar-refractivity contribution is -0.122. The second kappa shape index (κ2) is 8.27. The van der Waals surface area contributed by atoms with Crippen LogP contribution in [0.3, 0.4) is 0 Å². The maximum atomic E-state index is 12.5. The van der Waals surface area contributed by atoms with Crippen molar-refractivity contribution in [3.05, 3.63) is 78.1 Å². The number of benzene rings is 2. The van der Waals surface area contributed by atoms with Crippen LogP contribution in [0.25, 0.3) is 5.69 Å². The van der Waals surface area contributed by atoms with Crippen molar-refractivity contribution in [3.63, 3.8) is 0 Å². The Kier molecular flexibility index (Phi) is 5.39. The van der Waals surface area contributed by atoms with Crippen LogP contribution in [0.2, 0.25) is 0 Å². The van der Waals surface area contributed by atoms with Crippen LogP contribution in [0.5, 0.6) is 5.75 Å². The van der Waals surface area contributed by atoms with Crippen molar-refractivity contribution in [2.45, 2.75) is 26.1 Å². The summed E-state index contributed by atoms with van der Waals surface area (Å²) in [5, 5.41) is 7.27. The molecule has 0 saturated heterocycles. The fraction of sp³-hybridized carbons (Fsp3) is 0.273. The monoisotopic (exact) mass is 376 g/mol. The van der Waals surface area contributed by atoms with E-state index in [1.54, 1.807) is 10.9 Å². The first-order valence-corrected chi connectivity index (χ1v) is 9.50. The molecule has 28 heavy (non-hydrogen) atoms. The summed E-state index contributed by atoms with van der Waals surface area (Å²) >= 11 is 0. The highest BCUT2D eigenvalue weighted by Crippen LogP contribution is 2.24. The number of hydrogen-bond donors (Lipinski definition) is 1. The maximum absolute atomic E-state index is 12.5. The zero-order chi connectivity index (χ0) is 19.3. The van der Waals surface area contributed by atoms with E-state index in [2.05, 4.69) is 21.4 Å². The first-order chi connectivity index (χ1) is 13.7. The minimum absolute atomic E-state index is 0.0103. The Bertz CT molecular complexity index is 939. The molecule has 0 saturated carbocycles. The summed E-state index contributed by atoms with van der Waals surface area (Å²) < 4.78 is 7.77. The van der Waals surface area contributed by atoms with Crippen LogP contribution >= 0.6 is 0 Å². The number of ether oxygens (including phenoxy) is 1. The van der Waals surface area contributed by atoms with E-state index < -0.39 is 0 Å². The number of amides is 1. The normalized spacial score (nSPS) is 16.7. The zero-order valence-electron chi connectivity index (χ0n) is 15.9. The van der Waals surface area contributed by atoms with Crippen LogP contribution < -0.4 is 10.1 Å². The molecule has 3 aromatic rings. The van der Waals surface area contributed by atoms with E-state index in [-0.39, 0.29) is 12.0 Å². The van der Waals surface area contributed by atoms with Gasteiger partial charge in [-0.2, -0.15) is 5.10 Å². The predicted molar refractivity (Wildman–Crippen MR) is 107 cm³/mol. The van der Waals surface area contributed by atoms with Gasteiger partial charge in [-0.3, -0.25) is 9.69 Å². The molecule has 1 aromatic heterocycles. The van der Waals surface area contributed by atoms with Crippen molar-refractivity contribution >= 4 is 5.91 Å². The van der Waals surface area contributed by atoms with Crippen LogP contribution in [-0.2, 0) is 17.9 Å². The van der Waals surface area contributed by atoms with Crippen molar-refractivity contribution in [1.82, 2.24) is 20.0 Å². The third kappa shape index (κ3) is 4.40. The van der Waals surface area contributed by atoms with Gasteiger partial charge in [0.05, 0.1) is 12.2 Å². The molecule has 2 aromatic carbocycles. The van der Waals surface area contributed by atoms with Gasteiger partial charge in [-0.1, -0.05) is 30.3 Å². The second-order valence-corrected chi connectivity index (χ2v) is 7.10. The summed E-state index contributed by atoms with van der Waals surface area (Å²) in [6, 6.07) is 17.9. The Labute approximate surface area is 164 Å². The molecule has 1 aliphatic heterocycles. The van der Waals surface area contributed by atoms with Crippen LogP contribution in [0, 0.1) is 0 Å². The molecule has 0 bridgehead atoms. The molecular weight excluding hydrogens is 352 g/mol. The minimum atomic E-state index is 0.0103. The van der Waals surface area contributed by atoms with Crippen molar-refractivity contribution < 1.29 is 9.53 Å². The number of nitrogens with one attached hydrogen (secondary N) is 1. The molecule has 1 atom stereocenters. The smallest absolute Gasteiger partial charge is 0.234 e. The molecule has 2 heterocycles. The number of rotatable bonds is 5. The number of fused-ring (bicyclic) bond motifs is 1. The quantitative estimate of drug-likeness (QED) is 0.744. The van der Waals surface area contributed by atoms with Gasteiger partial charge in [0.25, 0.3) is 0 Å². The molecule has 0 radical (unpaired) electrons. The molecular formula is C22H24N4O2. The molecule has 1 N–H and O–H groups in total. The lowest BCUT2D eigenvalue weighted by Gasteiger charge is -2.21. The number of nitrogens with zero attached hydrogens (tertiary/aromatic N) is 3. The molecule has 1 amide bonds. The molecule has 0 aliphatic carbocycles. The number of carbonyl (C=O) groups excluding carboxylic acids is 1. The summed E-state index contributed by atoms with van der Waals surface area (Å²) in [7, 11) is 0. The van der Waals surface area contributed by atoms with E-state index in [1.165, 1.54) is 0 Å². The summed E-state index contributed by atoms with van der Waals surface area (Å²) in [4.78, 5) is 14.6. The Hall–Kier alpha value is -3.12. The fourth-order valence-corrected chi connectivity index (χ4v) is 3.48. The zero-order valence-corrected chi connectivity index (χ0v) is 15.9. The van der Waals surface area contributed by atoms with Gasteiger partial charge < -0.3 is 10.1 Å². The van der Waals surface area contributed by atoms with Crippen LogP contribution in [-0.4, -0.2) is 39.8 Å². The average Bonchev–Trinajstić information content (AvgIpc) is 3.17. The fourth-order valence-electron chi connectivity index (χ4n) is 3.48. The highest BCUT2D eigenvalue weighted by atomic mass is 16.5. The standard InChI is InChI=1S/C22H24N4O2/c1-17-14-25(15-19-7-2-3-9-21(19)28-17)16-22(27)23-13-18-6-4-8-20(12-18)26-11-5-10-24-26/h2-12,17H,13-16H2,1H3,(H,23,27). The van der Waals surface area contributed by atoms with Crippen molar-refractivity contribution in [2.75, 3.05) is 13.1 Å². The van der Waals surface area contributed by atoms with Crippen molar-refractivity contribution in [1.29, 1.82) is 0 Å². The number of carbonyl (C=O) groups is 1. The maximum Gasteiger partial charge on any atom is 0.234 e. The summed E-state index contributed by atoms with van der Waals surface area (Å²) in [6.45, 7) is 4.30. The van der Waals surface area contributed by atoms with Crippen molar-refractivity contribution in [2.24, 2.45) is 0 Å². The first kappa shape index (κ1) is 18.3. The molecule has 1 aliphatic rings. The Morgan fingerprint density at radius 1 is 1.21 bits per heavy atom. The van der Waals surface area contributed by atoms with E-state index in [4.69, 9.17) is 4.74 Å². The second-order valence-electron chi connectivity index (χ2n) is 7.10.